The van der Waals surface area contributed by atoms with Crippen molar-refractivity contribution in [2.45, 2.75) is 37.6 Å². The molecule has 33 heavy (non-hydrogen) atoms. The van der Waals surface area contributed by atoms with Gasteiger partial charge in [0.1, 0.15) is 4.90 Å². The molecular formula is C23H29ClN4O4S. The predicted molar refractivity (Wildman–Crippen MR) is 131 cm³/mol. The standard InChI is InChI=1S/C23H29ClN4O4S/c1-15(2)25-23(30)18-7-5-9-20-17(18)8-6-12-28(20)14-22(29)26-16-10-11-19(24)21(13-16)33(31,32)27(3)4/h5,7,9-11,13,15H,6,8,12,14H2,1-4H3,(H,25,30)(H,26,29). The van der Waals surface area contributed by atoms with Gasteiger partial charge in [-0.2, -0.15) is 0 Å². The minimum Gasteiger partial charge on any atom is -0.362 e. The largest absolute Gasteiger partial charge is 0.362 e. The van der Waals surface area contributed by atoms with E-state index in [-0.39, 0.29) is 34.3 Å². The highest BCUT2D eigenvalue weighted by molar-refractivity contribution is 7.89. The third-order valence-electron chi connectivity index (χ3n) is 5.32. The Kier molecular flexibility index (Phi) is 7.66. The average Bonchev–Trinajstić information content (AvgIpc) is 2.74. The highest BCUT2D eigenvalue weighted by Crippen LogP contribution is 2.30. The maximum Gasteiger partial charge on any atom is 0.251 e. The first-order chi connectivity index (χ1) is 15.5. The molecule has 0 aliphatic carbocycles. The molecule has 0 fully saturated rings. The lowest BCUT2D eigenvalue weighted by Crippen LogP contribution is -2.38. The summed E-state index contributed by atoms with van der Waals surface area (Å²) in [5.41, 5.74) is 2.76. The van der Waals surface area contributed by atoms with Crippen molar-refractivity contribution in [2.24, 2.45) is 0 Å². The fourth-order valence-corrected chi connectivity index (χ4v) is 5.16. The maximum absolute atomic E-state index is 12.8. The summed E-state index contributed by atoms with van der Waals surface area (Å²) >= 11 is 6.09. The second-order valence-electron chi connectivity index (χ2n) is 8.44. The number of anilines is 2. The van der Waals surface area contributed by atoms with Crippen LogP contribution in [0.5, 0.6) is 0 Å². The SMILES string of the molecule is CC(C)NC(=O)c1cccc2c1CCCN2CC(=O)Nc1ccc(Cl)c(S(=O)(=O)N(C)C)c1. The number of nitrogens with zero attached hydrogens (tertiary/aromatic N) is 2. The van der Waals surface area contributed by atoms with Gasteiger partial charge in [-0.15, -0.1) is 0 Å². The van der Waals surface area contributed by atoms with E-state index in [0.717, 1.165) is 28.4 Å². The number of hydrogen-bond donors (Lipinski definition) is 2. The molecule has 1 aliphatic rings. The van der Waals surface area contributed by atoms with E-state index in [1.807, 2.05) is 30.9 Å². The summed E-state index contributed by atoms with van der Waals surface area (Å²) in [6, 6.07) is 9.94. The Morgan fingerprint density at radius 1 is 1.18 bits per heavy atom. The minimum atomic E-state index is -3.75. The van der Waals surface area contributed by atoms with E-state index in [9.17, 15) is 18.0 Å². The normalized spacial score (nSPS) is 13.7. The zero-order valence-corrected chi connectivity index (χ0v) is 20.8. The van der Waals surface area contributed by atoms with Crippen LogP contribution in [0, 0.1) is 0 Å². The first kappa shape index (κ1) is 25.0. The molecule has 0 unspecified atom stereocenters. The molecular weight excluding hydrogens is 464 g/mol. The number of carbonyl (C=O) groups excluding carboxylic acids is 2. The number of carbonyl (C=O) groups is 2. The summed E-state index contributed by atoms with van der Waals surface area (Å²) in [5, 5.41) is 5.77. The molecule has 178 valence electrons. The van der Waals surface area contributed by atoms with Crippen LogP contribution in [0.2, 0.25) is 5.02 Å². The Balaban J connectivity index is 1.79. The molecule has 2 N–H and O–H groups in total. The zero-order valence-electron chi connectivity index (χ0n) is 19.2. The van der Waals surface area contributed by atoms with Gasteiger partial charge in [-0.05, 0) is 62.6 Å². The van der Waals surface area contributed by atoms with Crippen LogP contribution in [0.4, 0.5) is 11.4 Å². The Labute approximate surface area is 200 Å². The molecule has 0 atom stereocenters. The van der Waals surface area contributed by atoms with Gasteiger partial charge in [-0.3, -0.25) is 9.59 Å². The van der Waals surface area contributed by atoms with E-state index >= 15 is 0 Å². The lowest BCUT2D eigenvalue weighted by molar-refractivity contribution is -0.115. The smallest absolute Gasteiger partial charge is 0.251 e. The first-order valence-electron chi connectivity index (χ1n) is 10.7. The Bertz CT molecular complexity index is 1170. The van der Waals surface area contributed by atoms with Gasteiger partial charge in [0.15, 0.2) is 0 Å². The molecule has 0 spiro atoms. The van der Waals surface area contributed by atoms with Crippen LogP contribution in [0.3, 0.4) is 0 Å². The van der Waals surface area contributed by atoms with Gasteiger partial charge in [0, 0.05) is 43.6 Å². The fourth-order valence-electron chi connectivity index (χ4n) is 3.77. The van der Waals surface area contributed by atoms with E-state index in [1.165, 1.54) is 26.2 Å². The molecule has 0 saturated heterocycles. The molecule has 1 heterocycles. The third kappa shape index (κ3) is 5.66. The first-order valence-corrected chi connectivity index (χ1v) is 12.5. The van der Waals surface area contributed by atoms with Crippen LogP contribution in [-0.4, -0.2) is 57.8 Å². The number of rotatable bonds is 7. The Morgan fingerprint density at radius 3 is 2.58 bits per heavy atom. The number of benzene rings is 2. The topological polar surface area (TPSA) is 98.8 Å². The van der Waals surface area contributed by atoms with Crippen molar-refractivity contribution in [3.63, 3.8) is 0 Å². The van der Waals surface area contributed by atoms with Gasteiger partial charge >= 0.3 is 0 Å². The van der Waals surface area contributed by atoms with Crippen LogP contribution in [0.1, 0.15) is 36.2 Å². The van der Waals surface area contributed by atoms with Crippen LogP contribution in [0.15, 0.2) is 41.3 Å². The monoisotopic (exact) mass is 492 g/mol. The van der Waals surface area contributed by atoms with E-state index in [4.69, 9.17) is 11.6 Å². The Morgan fingerprint density at radius 2 is 1.91 bits per heavy atom. The summed E-state index contributed by atoms with van der Waals surface area (Å²) in [6.45, 7) is 4.57. The van der Waals surface area contributed by atoms with Crippen molar-refractivity contribution in [1.82, 2.24) is 9.62 Å². The highest BCUT2D eigenvalue weighted by atomic mass is 35.5. The number of nitrogens with one attached hydrogen (secondary N) is 2. The van der Waals surface area contributed by atoms with Crippen molar-refractivity contribution in [2.75, 3.05) is 37.4 Å². The lowest BCUT2D eigenvalue weighted by Gasteiger charge is -2.32. The van der Waals surface area contributed by atoms with Crippen molar-refractivity contribution in [1.29, 1.82) is 0 Å². The molecule has 10 heteroatoms. The van der Waals surface area contributed by atoms with Gasteiger partial charge in [0.2, 0.25) is 15.9 Å². The van der Waals surface area contributed by atoms with Gasteiger partial charge in [-0.1, -0.05) is 17.7 Å². The van der Waals surface area contributed by atoms with Crippen molar-refractivity contribution >= 4 is 44.8 Å². The van der Waals surface area contributed by atoms with Gasteiger partial charge in [0.05, 0.1) is 11.6 Å². The van der Waals surface area contributed by atoms with Crippen LogP contribution >= 0.6 is 11.6 Å². The second-order valence-corrected chi connectivity index (χ2v) is 11.0. The molecule has 0 bridgehead atoms. The van der Waals surface area contributed by atoms with Crippen molar-refractivity contribution in [3.05, 3.63) is 52.5 Å². The number of sulfonamides is 1. The molecule has 1 aliphatic heterocycles. The van der Waals surface area contributed by atoms with Gasteiger partial charge in [0.25, 0.3) is 5.91 Å². The molecule has 2 amide bonds. The van der Waals surface area contributed by atoms with Crippen LogP contribution < -0.4 is 15.5 Å². The maximum atomic E-state index is 12.8. The molecule has 0 saturated carbocycles. The minimum absolute atomic E-state index is 0.0272. The molecule has 0 aromatic heterocycles. The summed E-state index contributed by atoms with van der Waals surface area (Å²) in [4.78, 5) is 27.3. The summed E-state index contributed by atoms with van der Waals surface area (Å²) in [5.74, 6) is -0.417. The quantitative estimate of drug-likeness (QED) is 0.618. The molecule has 8 nitrogen and oxygen atoms in total. The summed E-state index contributed by atoms with van der Waals surface area (Å²) < 4.78 is 26.0. The number of amides is 2. The van der Waals surface area contributed by atoms with E-state index in [1.54, 1.807) is 12.1 Å². The second kappa shape index (κ2) is 10.1. The molecule has 2 aromatic carbocycles. The average molecular weight is 493 g/mol. The van der Waals surface area contributed by atoms with Gasteiger partial charge in [-0.25, -0.2) is 12.7 Å². The van der Waals surface area contributed by atoms with Crippen molar-refractivity contribution in [3.8, 4) is 0 Å². The number of hydrogen-bond acceptors (Lipinski definition) is 5. The van der Waals surface area contributed by atoms with E-state index in [2.05, 4.69) is 10.6 Å². The third-order valence-corrected chi connectivity index (χ3v) is 7.62. The lowest BCUT2D eigenvalue weighted by atomic mass is 9.95. The molecule has 0 radical (unpaired) electrons. The number of fused-ring (bicyclic) bond motifs is 1. The summed E-state index contributed by atoms with van der Waals surface area (Å²) in [7, 11) is -0.919. The molecule has 2 aromatic rings. The Hall–Kier alpha value is -2.62. The van der Waals surface area contributed by atoms with Crippen LogP contribution in [-0.2, 0) is 21.2 Å². The predicted octanol–water partition coefficient (Wildman–Crippen LogP) is 3.12. The summed E-state index contributed by atoms with van der Waals surface area (Å²) in [6.07, 6.45) is 1.58. The zero-order chi connectivity index (χ0) is 24.3. The van der Waals surface area contributed by atoms with Gasteiger partial charge < -0.3 is 15.5 Å². The highest BCUT2D eigenvalue weighted by Gasteiger charge is 2.25. The van der Waals surface area contributed by atoms with Crippen molar-refractivity contribution < 1.29 is 18.0 Å². The van der Waals surface area contributed by atoms with E-state index in [0.29, 0.717) is 17.8 Å². The van der Waals surface area contributed by atoms with Crippen LogP contribution in [0.25, 0.3) is 0 Å². The fraction of sp³-hybridized carbons (Fsp3) is 0.391. The van der Waals surface area contributed by atoms with E-state index < -0.39 is 10.0 Å². The molecule has 3 rings (SSSR count). The number of halogens is 1.